The van der Waals surface area contributed by atoms with Crippen LogP contribution in [0.3, 0.4) is 0 Å². The fourth-order valence-corrected chi connectivity index (χ4v) is 3.36. The highest BCUT2D eigenvalue weighted by Crippen LogP contribution is 2.35. The Morgan fingerprint density at radius 2 is 1.95 bits per heavy atom. The van der Waals surface area contributed by atoms with Gasteiger partial charge in [0.2, 0.25) is 0 Å². The Balaban J connectivity index is 2.46. The summed E-state index contributed by atoms with van der Waals surface area (Å²) in [5, 5.41) is 15.1. The summed E-state index contributed by atoms with van der Waals surface area (Å²) in [7, 11) is 0. The molecule has 1 aliphatic carbocycles. The smallest absolute Gasteiger partial charge is 0.315 e. The number of urea groups is 1. The van der Waals surface area contributed by atoms with E-state index >= 15 is 0 Å². The zero-order chi connectivity index (χ0) is 15.0. The molecule has 116 valence electrons. The zero-order valence-corrected chi connectivity index (χ0v) is 13.2. The minimum Gasteiger partial charge on any atom is -0.481 e. The van der Waals surface area contributed by atoms with Crippen LogP contribution in [0.15, 0.2) is 0 Å². The highest BCUT2D eigenvalue weighted by atomic mass is 32.2. The lowest BCUT2D eigenvalue weighted by Crippen LogP contribution is -2.49. The standard InChI is InChI=1S/C14H26N2O3S/c1-3-11(9-20-2)16-13(19)15-10-14(12(17)18)7-5-4-6-8-14/h11H,3-10H2,1-2H3,(H,17,18)(H2,15,16,19). The fourth-order valence-electron chi connectivity index (χ4n) is 2.64. The molecule has 1 saturated carbocycles. The second-order valence-corrected chi connectivity index (χ2v) is 6.44. The highest BCUT2D eigenvalue weighted by molar-refractivity contribution is 7.98. The van der Waals surface area contributed by atoms with E-state index in [0.29, 0.717) is 12.8 Å². The lowest BCUT2D eigenvalue weighted by atomic mass is 9.74. The van der Waals surface area contributed by atoms with E-state index in [9.17, 15) is 14.7 Å². The average molecular weight is 302 g/mol. The van der Waals surface area contributed by atoms with Crippen LogP contribution < -0.4 is 10.6 Å². The molecule has 0 aromatic rings. The molecule has 6 heteroatoms. The first-order valence-corrected chi connectivity index (χ1v) is 8.70. The minimum atomic E-state index is -0.784. The number of carbonyl (C=O) groups is 2. The van der Waals surface area contributed by atoms with Crippen LogP contribution in [-0.4, -0.2) is 41.7 Å². The molecule has 0 radical (unpaired) electrons. The minimum absolute atomic E-state index is 0.136. The van der Waals surface area contributed by atoms with Crippen molar-refractivity contribution in [2.75, 3.05) is 18.6 Å². The van der Waals surface area contributed by atoms with E-state index in [4.69, 9.17) is 0 Å². The van der Waals surface area contributed by atoms with Crippen molar-refractivity contribution in [2.24, 2.45) is 5.41 Å². The fraction of sp³-hybridized carbons (Fsp3) is 0.857. The summed E-state index contributed by atoms with van der Waals surface area (Å²) in [6, 6.07) is -0.116. The normalized spacial score (nSPS) is 19.1. The molecule has 0 aromatic carbocycles. The lowest BCUT2D eigenvalue weighted by Gasteiger charge is -2.33. The monoisotopic (exact) mass is 302 g/mol. The summed E-state index contributed by atoms with van der Waals surface area (Å²) in [5.41, 5.74) is -0.767. The Hall–Kier alpha value is -0.910. The molecule has 1 aliphatic rings. The van der Waals surface area contributed by atoms with E-state index in [0.717, 1.165) is 31.4 Å². The summed E-state index contributed by atoms with van der Waals surface area (Å²) in [6.07, 6.45) is 7.14. The van der Waals surface area contributed by atoms with Crippen LogP contribution in [0, 0.1) is 5.41 Å². The molecule has 1 unspecified atom stereocenters. The van der Waals surface area contributed by atoms with Gasteiger partial charge in [-0.25, -0.2) is 4.79 Å². The van der Waals surface area contributed by atoms with Crippen LogP contribution in [0.1, 0.15) is 45.4 Å². The third-order valence-corrected chi connectivity index (χ3v) is 4.78. The van der Waals surface area contributed by atoms with Gasteiger partial charge in [-0.15, -0.1) is 0 Å². The number of carboxylic acids is 1. The van der Waals surface area contributed by atoms with Gasteiger partial charge in [-0.2, -0.15) is 11.8 Å². The van der Waals surface area contributed by atoms with Crippen molar-refractivity contribution in [3.63, 3.8) is 0 Å². The topological polar surface area (TPSA) is 78.4 Å². The van der Waals surface area contributed by atoms with Crippen LogP contribution in [-0.2, 0) is 4.79 Å². The summed E-state index contributed by atoms with van der Waals surface area (Å²) < 4.78 is 0. The summed E-state index contributed by atoms with van der Waals surface area (Å²) in [4.78, 5) is 23.4. The molecule has 0 saturated heterocycles. The van der Waals surface area contributed by atoms with Gasteiger partial charge in [0.25, 0.3) is 0 Å². The molecule has 0 aliphatic heterocycles. The second-order valence-electron chi connectivity index (χ2n) is 5.53. The van der Waals surface area contributed by atoms with Gasteiger partial charge < -0.3 is 15.7 Å². The molecular formula is C14H26N2O3S. The molecular weight excluding hydrogens is 276 g/mol. The molecule has 0 aromatic heterocycles. The van der Waals surface area contributed by atoms with Gasteiger partial charge in [0.15, 0.2) is 0 Å². The summed E-state index contributed by atoms with van der Waals surface area (Å²) in [5.74, 6) is 0.0854. The first-order chi connectivity index (χ1) is 9.54. The Bertz CT molecular complexity index is 330. The van der Waals surface area contributed by atoms with Crippen LogP contribution in [0.25, 0.3) is 0 Å². The number of carboxylic acid groups (broad SMARTS) is 1. The third kappa shape index (κ3) is 4.89. The van der Waals surface area contributed by atoms with Gasteiger partial charge in [0.05, 0.1) is 5.41 Å². The maximum atomic E-state index is 11.9. The predicted octanol–water partition coefficient (Wildman–Crippen LogP) is 2.46. The van der Waals surface area contributed by atoms with Gasteiger partial charge in [0.1, 0.15) is 0 Å². The number of amides is 2. The maximum absolute atomic E-state index is 11.9. The number of carbonyl (C=O) groups excluding carboxylic acids is 1. The Morgan fingerprint density at radius 1 is 1.30 bits per heavy atom. The average Bonchev–Trinajstić information content (AvgIpc) is 2.45. The van der Waals surface area contributed by atoms with Crippen molar-refractivity contribution < 1.29 is 14.7 Å². The van der Waals surface area contributed by atoms with E-state index in [1.807, 2.05) is 13.2 Å². The molecule has 0 bridgehead atoms. The molecule has 20 heavy (non-hydrogen) atoms. The van der Waals surface area contributed by atoms with Crippen molar-refractivity contribution in [1.29, 1.82) is 0 Å². The molecule has 2 amide bonds. The van der Waals surface area contributed by atoms with Crippen molar-refractivity contribution in [2.45, 2.75) is 51.5 Å². The number of hydrogen-bond donors (Lipinski definition) is 3. The molecule has 3 N–H and O–H groups in total. The summed E-state index contributed by atoms with van der Waals surface area (Å²) >= 11 is 1.69. The molecule has 1 rings (SSSR count). The van der Waals surface area contributed by atoms with Crippen LogP contribution in [0.5, 0.6) is 0 Å². The number of nitrogens with one attached hydrogen (secondary N) is 2. The SMILES string of the molecule is CCC(CSC)NC(=O)NCC1(C(=O)O)CCCCC1. The van der Waals surface area contributed by atoms with Gasteiger partial charge >= 0.3 is 12.0 Å². The number of thioether (sulfide) groups is 1. The maximum Gasteiger partial charge on any atom is 0.315 e. The molecule has 1 atom stereocenters. The van der Waals surface area contributed by atoms with Crippen LogP contribution >= 0.6 is 11.8 Å². The van der Waals surface area contributed by atoms with Gasteiger partial charge in [-0.05, 0) is 25.5 Å². The summed E-state index contributed by atoms with van der Waals surface area (Å²) in [6.45, 7) is 2.25. The third-order valence-electron chi connectivity index (χ3n) is 4.05. The van der Waals surface area contributed by atoms with Crippen molar-refractivity contribution in [3.8, 4) is 0 Å². The number of hydrogen-bond acceptors (Lipinski definition) is 3. The lowest BCUT2D eigenvalue weighted by molar-refractivity contribution is -0.150. The molecule has 5 nitrogen and oxygen atoms in total. The Morgan fingerprint density at radius 3 is 2.45 bits per heavy atom. The van der Waals surface area contributed by atoms with Crippen LogP contribution in [0.4, 0.5) is 4.79 Å². The highest BCUT2D eigenvalue weighted by Gasteiger charge is 2.39. The van der Waals surface area contributed by atoms with Gasteiger partial charge in [-0.3, -0.25) is 4.79 Å². The molecule has 0 heterocycles. The quantitative estimate of drug-likeness (QED) is 0.675. The second kappa shape index (κ2) is 8.39. The van der Waals surface area contributed by atoms with E-state index < -0.39 is 11.4 Å². The van der Waals surface area contributed by atoms with Crippen molar-refractivity contribution in [1.82, 2.24) is 10.6 Å². The first-order valence-electron chi connectivity index (χ1n) is 7.31. The first kappa shape index (κ1) is 17.1. The van der Waals surface area contributed by atoms with Gasteiger partial charge in [0, 0.05) is 18.3 Å². The van der Waals surface area contributed by atoms with Crippen molar-refractivity contribution >= 4 is 23.8 Å². The Labute approximate surface area is 125 Å². The largest absolute Gasteiger partial charge is 0.481 e. The number of rotatable bonds is 7. The van der Waals surface area contributed by atoms with Crippen LogP contribution in [0.2, 0.25) is 0 Å². The number of aliphatic carboxylic acids is 1. The Kier molecular flexibility index (Phi) is 7.19. The predicted molar refractivity (Wildman–Crippen MR) is 82.1 cm³/mol. The van der Waals surface area contributed by atoms with Gasteiger partial charge in [-0.1, -0.05) is 26.2 Å². The molecule has 0 spiro atoms. The van der Waals surface area contributed by atoms with E-state index in [1.165, 1.54) is 0 Å². The van der Waals surface area contributed by atoms with E-state index in [1.54, 1.807) is 11.8 Å². The zero-order valence-electron chi connectivity index (χ0n) is 12.4. The van der Waals surface area contributed by atoms with E-state index in [2.05, 4.69) is 10.6 Å². The van der Waals surface area contributed by atoms with E-state index in [-0.39, 0.29) is 18.6 Å². The molecule has 1 fully saturated rings. The van der Waals surface area contributed by atoms with Crippen molar-refractivity contribution in [3.05, 3.63) is 0 Å².